The van der Waals surface area contributed by atoms with Gasteiger partial charge in [0.15, 0.2) is 0 Å². The molecule has 1 N–H and O–H groups in total. The molecule has 0 aliphatic carbocycles. The maximum atomic E-state index is 13.5. The number of piperidine rings is 1. The summed E-state index contributed by atoms with van der Waals surface area (Å²) in [7, 11) is 2.17. The molecule has 3 rings (SSSR count). The van der Waals surface area contributed by atoms with E-state index in [9.17, 15) is 4.39 Å². The summed E-state index contributed by atoms with van der Waals surface area (Å²) in [6, 6.07) is 10.5. The van der Waals surface area contributed by atoms with Crippen molar-refractivity contribution in [3.8, 4) is 0 Å². The molecule has 0 saturated carbocycles. The fraction of sp³-hybridized carbons (Fsp3) is 0.292. The fourth-order valence-corrected chi connectivity index (χ4v) is 3.63. The van der Waals surface area contributed by atoms with Crippen LogP contribution in [-0.2, 0) is 0 Å². The van der Waals surface area contributed by atoms with Crippen molar-refractivity contribution in [1.29, 1.82) is 0 Å². The summed E-state index contributed by atoms with van der Waals surface area (Å²) < 4.78 is 13.5. The predicted molar refractivity (Wildman–Crippen MR) is 115 cm³/mol. The molecule has 1 saturated heterocycles. The maximum absolute atomic E-state index is 13.5. The van der Waals surface area contributed by atoms with Gasteiger partial charge in [0.2, 0.25) is 0 Å². The van der Waals surface area contributed by atoms with E-state index in [1.165, 1.54) is 24.1 Å². The van der Waals surface area contributed by atoms with Crippen LogP contribution in [0.15, 0.2) is 78.8 Å². The number of benzene rings is 1. The van der Waals surface area contributed by atoms with E-state index in [2.05, 4.69) is 41.0 Å². The first-order valence-electron chi connectivity index (χ1n) is 9.71. The standard InChI is InChI=1S/C24H28FN3/c1-18(20-7-5-11-26-16-20)13-22(21-8-6-12-28(3)17-21)14-19(2)27-24-10-4-9-23(25)15-24/h4-5,7,9-11,13-16,21,27H,1,6,8,12,17H2,2-3H3/b19-14+,22-13+. The van der Waals surface area contributed by atoms with Crippen molar-refractivity contribution < 1.29 is 4.39 Å². The van der Waals surface area contributed by atoms with Crippen LogP contribution in [0.5, 0.6) is 0 Å². The van der Waals surface area contributed by atoms with Crippen molar-refractivity contribution in [2.24, 2.45) is 5.92 Å². The number of rotatable bonds is 6. The van der Waals surface area contributed by atoms with Crippen LogP contribution in [0.1, 0.15) is 25.3 Å². The highest BCUT2D eigenvalue weighted by molar-refractivity contribution is 5.73. The van der Waals surface area contributed by atoms with Crippen LogP contribution >= 0.6 is 0 Å². The van der Waals surface area contributed by atoms with Gasteiger partial charge in [-0.2, -0.15) is 0 Å². The number of nitrogens with one attached hydrogen (secondary N) is 1. The molecular weight excluding hydrogens is 349 g/mol. The molecule has 28 heavy (non-hydrogen) atoms. The average molecular weight is 378 g/mol. The van der Waals surface area contributed by atoms with Gasteiger partial charge in [-0.05, 0) is 86.3 Å². The van der Waals surface area contributed by atoms with Crippen molar-refractivity contribution in [3.05, 3.63) is 90.2 Å². The lowest BCUT2D eigenvalue weighted by molar-refractivity contribution is 0.233. The highest BCUT2D eigenvalue weighted by Gasteiger charge is 2.20. The summed E-state index contributed by atoms with van der Waals surface area (Å²) in [5.41, 5.74) is 4.94. The van der Waals surface area contributed by atoms with Gasteiger partial charge in [0, 0.05) is 30.3 Å². The zero-order valence-corrected chi connectivity index (χ0v) is 16.7. The van der Waals surface area contributed by atoms with E-state index < -0.39 is 0 Å². The summed E-state index contributed by atoms with van der Waals surface area (Å²) in [6.07, 6.45) is 10.3. The van der Waals surface area contributed by atoms with Gasteiger partial charge in [-0.15, -0.1) is 0 Å². The van der Waals surface area contributed by atoms with Gasteiger partial charge in [0.05, 0.1) is 0 Å². The van der Waals surface area contributed by atoms with Crippen molar-refractivity contribution in [2.75, 3.05) is 25.5 Å². The van der Waals surface area contributed by atoms with E-state index in [4.69, 9.17) is 0 Å². The molecule has 0 amide bonds. The molecule has 1 aliphatic heterocycles. The third kappa shape index (κ3) is 5.64. The molecule has 1 aromatic carbocycles. The number of allylic oxidation sites excluding steroid dienone is 4. The van der Waals surface area contributed by atoms with Crippen LogP contribution in [0.4, 0.5) is 10.1 Å². The van der Waals surface area contributed by atoms with Crippen LogP contribution < -0.4 is 5.32 Å². The van der Waals surface area contributed by atoms with Crippen LogP contribution in [0.25, 0.3) is 5.57 Å². The lowest BCUT2D eigenvalue weighted by Gasteiger charge is -2.31. The van der Waals surface area contributed by atoms with Gasteiger partial charge in [0.1, 0.15) is 5.82 Å². The smallest absolute Gasteiger partial charge is 0.125 e. The highest BCUT2D eigenvalue weighted by Crippen LogP contribution is 2.28. The monoisotopic (exact) mass is 377 g/mol. The van der Waals surface area contributed by atoms with Gasteiger partial charge < -0.3 is 10.2 Å². The van der Waals surface area contributed by atoms with Crippen molar-refractivity contribution >= 4 is 11.3 Å². The van der Waals surface area contributed by atoms with Gasteiger partial charge >= 0.3 is 0 Å². The molecule has 3 nitrogen and oxygen atoms in total. The molecule has 2 heterocycles. The molecule has 0 spiro atoms. The number of halogens is 1. The van der Waals surface area contributed by atoms with Gasteiger partial charge in [-0.25, -0.2) is 4.39 Å². The van der Waals surface area contributed by atoms with Crippen molar-refractivity contribution in [1.82, 2.24) is 9.88 Å². The summed E-state index contributed by atoms with van der Waals surface area (Å²) in [5, 5.41) is 3.30. The number of hydrogen-bond donors (Lipinski definition) is 1. The number of likely N-dealkylation sites (tertiary alicyclic amines) is 1. The Labute approximate surface area is 167 Å². The molecule has 1 aromatic heterocycles. The van der Waals surface area contributed by atoms with Crippen LogP contribution in [0, 0.1) is 11.7 Å². The Kier molecular flexibility index (Phi) is 6.77. The first-order valence-corrected chi connectivity index (χ1v) is 9.71. The Bertz CT molecular complexity index is 870. The maximum Gasteiger partial charge on any atom is 0.125 e. The summed E-state index contributed by atoms with van der Waals surface area (Å²) >= 11 is 0. The van der Waals surface area contributed by atoms with E-state index in [1.807, 2.05) is 31.3 Å². The largest absolute Gasteiger partial charge is 0.359 e. The number of aromatic nitrogens is 1. The molecule has 2 aromatic rings. The zero-order valence-electron chi connectivity index (χ0n) is 16.7. The Hall–Kier alpha value is -2.72. The Morgan fingerprint density at radius 1 is 1.29 bits per heavy atom. The molecule has 1 fully saturated rings. The average Bonchev–Trinajstić information content (AvgIpc) is 2.68. The topological polar surface area (TPSA) is 28.2 Å². The summed E-state index contributed by atoms with van der Waals surface area (Å²) in [5.74, 6) is 0.198. The lowest BCUT2D eigenvalue weighted by atomic mass is 9.88. The van der Waals surface area contributed by atoms with E-state index in [1.54, 1.807) is 12.3 Å². The third-order valence-electron chi connectivity index (χ3n) is 5.02. The van der Waals surface area contributed by atoms with Crippen LogP contribution in [-0.4, -0.2) is 30.0 Å². The predicted octanol–water partition coefficient (Wildman–Crippen LogP) is 5.52. The number of hydrogen-bond acceptors (Lipinski definition) is 3. The van der Waals surface area contributed by atoms with Crippen LogP contribution in [0.3, 0.4) is 0 Å². The molecule has 0 radical (unpaired) electrons. The zero-order chi connectivity index (χ0) is 19.9. The van der Waals surface area contributed by atoms with Gasteiger partial charge in [-0.3, -0.25) is 4.98 Å². The molecule has 4 heteroatoms. The summed E-state index contributed by atoms with van der Waals surface area (Å²) in [4.78, 5) is 6.57. The fourth-order valence-electron chi connectivity index (χ4n) is 3.63. The Morgan fingerprint density at radius 2 is 2.14 bits per heavy atom. The third-order valence-corrected chi connectivity index (χ3v) is 5.02. The Balaban J connectivity index is 1.86. The van der Waals surface area contributed by atoms with Gasteiger partial charge in [0.25, 0.3) is 0 Å². The number of pyridine rings is 1. The summed E-state index contributed by atoms with van der Waals surface area (Å²) in [6.45, 7) is 8.42. The highest BCUT2D eigenvalue weighted by atomic mass is 19.1. The van der Waals surface area contributed by atoms with E-state index in [0.29, 0.717) is 5.92 Å². The first kappa shape index (κ1) is 20.0. The minimum Gasteiger partial charge on any atom is -0.359 e. The SMILES string of the molecule is C=C(/C=C(\C=C(/C)Nc1cccc(F)c1)C1CCCN(C)C1)c1cccnc1. The second-order valence-electron chi connectivity index (χ2n) is 7.48. The number of nitrogens with zero attached hydrogens (tertiary/aromatic N) is 2. The molecule has 1 atom stereocenters. The lowest BCUT2D eigenvalue weighted by Crippen LogP contribution is -2.32. The molecule has 0 bridgehead atoms. The van der Waals surface area contributed by atoms with E-state index >= 15 is 0 Å². The van der Waals surface area contributed by atoms with Gasteiger partial charge in [-0.1, -0.05) is 24.8 Å². The van der Waals surface area contributed by atoms with E-state index in [-0.39, 0.29) is 5.82 Å². The minimum absolute atomic E-state index is 0.243. The minimum atomic E-state index is -0.243. The quantitative estimate of drug-likeness (QED) is 0.672. The molecule has 146 valence electrons. The second-order valence-corrected chi connectivity index (χ2v) is 7.48. The normalized spacial score (nSPS) is 18.8. The second kappa shape index (κ2) is 9.47. The van der Waals surface area contributed by atoms with E-state index in [0.717, 1.165) is 42.0 Å². The first-order chi connectivity index (χ1) is 13.5. The van der Waals surface area contributed by atoms with Crippen LogP contribution in [0.2, 0.25) is 0 Å². The molecule has 1 unspecified atom stereocenters. The number of anilines is 1. The molecular formula is C24H28FN3. The van der Waals surface area contributed by atoms with Crippen molar-refractivity contribution in [3.63, 3.8) is 0 Å². The Morgan fingerprint density at radius 3 is 2.86 bits per heavy atom. The van der Waals surface area contributed by atoms with Crippen molar-refractivity contribution in [2.45, 2.75) is 19.8 Å². The molecule has 1 aliphatic rings.